The Labute approximate surface area is 145 Å². The summed E-state index contributed by atoms with van der Waals surface area (Å²) in [6.07, 6.45) is 2.23. The van der Waals surface area contributed by atoms with Gasteiger partial charge in [0.2, 0.25) is 0 Å². The monoisotopic (exact) mass is 333 g/mol. The maximum atomic E-state index is 10.6. The van der Waals surface area contributed by atoms with E-state index in [0.29, 0.717) is 51.0 Å². The summed E-state index contributed by atoms with van der Waals surface area (Å²) in [6, 6.07) is 9.02. The second-order valence-corrected chi connectivity index (χ2v) is 7.83. The Morgan fingerprint density at radius 3 is 2.67 bits per heavy atom. The first kappa shape index (κ1) is 17.9. The van der Waals surface area contributed by atoms with Crippen LogP contribution in [0.4, 0.5) is 0 Å². The van der Waals surface area contributed by atoms with Gasteiger partial charge in [-0.3, -0.25) is 4.90 Å². The number of hydrogen-bond donors (Lipinski definition) is 2. The number of aliphatic hydroxyl groups is 2. The van der Waals surface area contributed by atoms with Crippen LogP contribution in [0, 0.1) is 5.92 Å². The first-order valence-corrected chi connectivity index (χ1v) is 9.28. The Morgan fingerprint density at radius 1 is 1.25 bits per heavy atom. The van der Waals surface area contributed by atoms with Crippen molar-refractivity contribution in [1.29, 1.82) is 0 Å². The molecule has 0 aromatic heterocycles. The molecule has 0 radical (unpaired) electrons. The third kappa shape index (κ3) is 3.99. The van der Waals surface area contributed by atoms with Crippen molar-refractivity contribution in [3.63, 3.8) is 0 Å². The molecule has 3 rings (SSSR count). The summed E-state index contributed by atoms with van der Waals surface area (Å²) in [5.74, 6) is 0.491. The van der Waals surface area contributed by atoms with Gasteiger partial charge in [-0.25, -0.2) is 0 Å². The van der Waals surface area contributed by atoms with E-state index in [1.165, 1.54) is 11.1 Å². The number of hydrogen-bond acceptors (Lipinski definition) is 4. The van der Waals surface area contributed by atoms with Crippen LogP contribution in [0.3, 0.4) is 0 Å². The highest BCUT2D eigenvalue weighted by Crippen LogP contribution is 2.35. The molecular weight excluding hydrogens is 302 g/mol. The van der Waals surface area contributed by atoms with Gasteiger partial charge in [0, 0.05) is 38.8 Å². The van der Waals surface area contributed by atoms with Crippen LogP contribution in [-0.2, 0) is 11.2 Å². The van der Waals surface area contributed by atoms with E-state index < -0.39 is 11.7 Å². The zero-order valence-corrected chi connectivity index (χ0v) is 14.9. The Hall–Kier alpha value is -0.940. The van der Waals surface area contributed by atoms with Gasteiger partial charge >= 0.3 is 0 Å². The van der Waals surface area contributed by atoms with Crippen LogP contribution in [0.2, 0.25) is 0 Å². The van der Waals surface area contributed by atoms with Crippen LogP contribution in [-0.4, -0.2) is 53.1 Å². The Kier molecular flexibility index (Phi) is 5.60. The number of β-amino-alcohol motifs (C(OH)–C–C–N with tert-alkyl or cyclic N) is 1. The minimum absolute atomic E-state index is 0.342. The van der Waals surface area contributed by atoms with Gasteiger partial charge < -0.3 is 14.9 Å². The fraction of sp³-hybridized carbons (Fsp3) is 0.700. The van der Waals surface area contributed by atoms with Crippen molar-refractivity contribution in [2.75, 3.05) is 26.3 Å². The highest BCUT2D eigenvalue weighted by atomic mass is 16.5. The van der Waals surface area contributed by atoms with E-state index in [0.717, 1.165) is 13.0 Å². The van der Waals surface area contributed by atoms with Gasteiger partial charge in [0.1, 0.15) is 0 Å². The zero-order valence-electron chi connectivity index (χ0n) is 14.9. The molecule has 2 unspecified atom stereocenters. The normalized spacial score (nSPS) is 25.5. The second-order valence-electron chi connectivity index (χ2n) is 7.83. The van der Waals surface area contributed by atoms with Gasteiger partial charge in [0.15, 0.2) is 0 Å². The van der Waals surface area contributed by atoms with E-state index in [4.69, 9.17) is 4.74 Å². The molecule has 1 fully saturated rings. The highest BCUT2D eigenvalue weighted by Gasteiger charge is 2.35. The molecule has 0 aliphatic carbocycles. The summed E-state index contributed by atoms with van der Waals surface area (Å²) in [5.41, 5.74) is 2.07. The maximum Gasteiger partial charge on any atom is 0.0716 e. The van der Waals surface area contributed by atoms with E-state index in [9.17, 15) is 10.2 Å². The molecule has 1 aromatic rings. The molecule has 0 saturated carbocycles. The van der Waals surface area contributed by atoms with E-state index in [1.807, 2.05) is 0 Å². The van der Waals surface area contributed by atoms with Crippen LogP contribution < -0.4 is 0 Å². The minimum atomic E-state index is -0.765. The molecule has 2 aliphatic heterocycles. The molecule has 4 nitrogen and oxygen atoms in total. The first-order valence-electron chi connectivity index (χ1n) is 9.28. The lowest BCUT2D eigenvalue weighted by Gasteiger charge is -2.42. The maximum absolute atomic E-state index is 10.6. The number of aliphatic hydroxyl groups excluding tert-OH is 1. The molecule has 134 valence electrons. The average Bonchev–Trinajstić information content (AvgIpc) is 2.54. The Bertz CT molecular complexity index is 539. The summed E-state index contributed by atoms with van der Waals surface area (Å²) in [5, 5.41) is 21.3. The summed E-state index contributed by atoms with van der Waals surface area (Å²) in [6.45, 7) is 7.28. The summed E-state index contributed by atoms with van der Waals surface area (Å²) in [4.78, 5) is 2.40. The first-order chi connectivity index (χ1) is 11.5. The van der Waals surface area contributed by atoms with Crippen molar-refractivity contribution < 1.29 is 14.9 Å². The quantitative estimate of drug-likeness (QED) is 0.869. The molecule has 0 bridgehead atoms. The van der Waals surface area contributed by atoms with Crippen molar-refractivity contribution >= 4 is 0 Å². The predicted octanol–water partition coefficient (Wildman–Crippen LogP) is 2.53. The van der Waals surface area contributed by atoms with Crippen molar-refractivity contribution in [3.8, 4) is 0 Å². The molecule has 1 aromatic carbocycles. The fourth-order valence-corrected chi connectivity index (χ4v) is 4.37. The minimum Gasteiger partial charge on any atom is -0.392 e. The summed E-state index contributed by atoms with van der Waals surface area (Å²) >= 11 is 0. The lowest BCUT2D eigenvalue weighted by Crippen LogP contribution is -2.46. The van der Waals surface area contributed by atoms with E-state index in [2.05, 4.69) is 43.0 Å². The van der Waals surface area contributed by atoms with Crippen LogP contribution >= 0.6 is 0 Å². The van der Waals surface area contributed by atoms with Gasteiger partial charge in [0.05, 0.1) is 11.7 Å². The number of nitrogens with zero attached hydrogens (tertiary/aromatic N) is 1. The zero-order chi connectivity index (χ0) is 17.2. The Morgan fingerprint density at radius 2 is 1.96 bits per heavy atom. The molecular formula is C20H31NO3. The third-order valence-corrected chi connectivity index (χ3v) is 5.55. The fourth-order valence-electron chi connectivity index (χ4n) is 4.37. The molecule has 2 atom stereocenters. The summed E-state index contributed by atoms with van der Waals surface area (Å²) in [7, 11) is 0. The highest BCUT2D eigenvalue weighted by molar-refractivity contribution is 5.33. The summed E-state index contributed by atoms with van der Waals surface area (Å²) < 4.78 is 5.33. The van der Waals surface area contributed by atoms with Crippen LogP contribution in [0.5, 0.6) is 0 Å². The lowest BCUT2D eigenvalue weighted by atomic mass is 9.85. The molecule has 24 heavy (non-hydrogen) atoms. The molecule has 2 heterocycles. The molecule has 2 aliphatic rings. The van der Waals surface area contributed by atoms with E-state index >= 15 is 0 Å². The number of fused-ring (bicyclic) bond motifs is 1. The number of ether oxygens (including phenoxy) is 1. The lowest BCUT2D eigenvalue weighted by molar-refractivity contribution is -0.0913. The van der Waals surface area contributed by atoms with E-state index in [-0.39, 0.29) is 0 Å². The number of rotatable bonds is 5. The van der Waals surface area contributed by atoms with Gasteiger partial charge in [0.25, 0.3) is 0 Å². The predicted molar refractivity (Wildman–Crippen MR) is 94.9 cm³/mol. The van der Waals surface area contributed by atoms with Crippen molar-refractivity contribution in [3.05, 3.63) is 35.4 Å². The molecule has 0 spiro atoms. The van der Waals surface area contributed by atoms with Gasteiger partial charge in [-0.1, -0.05) is 38.1 Å². The van der Waals surface area contributed by atoms with Gasteiger partial charge in [-0.15, -0.1) is 0 Å². The van der Waals surface area contributed by atoms with Crippen LogP contribution in [0.1, 0.15) is 50.3 Å². The molecule has 4 heteroatoms. The topological polar surface area (TPSA) is 52.9 Å². The van der Waals surface area contributed by atoms with Crippen LogP contribution in [0.15, 0.2) is 24.3 Å². The van der Waals surface area contributed by atoms with E-state index in [1.54, 1.807) is 0 Å². The molecule has 1 saturated heterocycles. The SMILES string of the molecule is CC(C)C1c2ccccc2CCN1CC(O)CC1(O)CCOCC1. The van der Waals surface area contributed by atoms with Crippen LogP contribution in [0.25, 0.3) is 0 Å². The smallest absolute Gasteiger partial charge is 0.0716 e. The van der Waals surface area contributed by atoms with Gasteiger partial charge in [-0.2, -0.15) is 0 Å². The largest absolute Gasteiger partial charge is 0.392 e. The average molecular weight is 333 g/mol. The number of benzene rings is 1. The van der Waals surface area contributed by atoms with Crippen molar-refractivity contribution in [1.82, 2.24) is 4.90 Å². The second kappa shape index (κ2) is 7.52. The third-order valence-electron chi connectivity index (χ3n) is 5.55. The molecule has 2 N–H and O–H groups in total. The van der Waals surface area contributed by atoms with Gasteiger partial charge in [-0.05, 0) is 36.3 Å². The Balaban J connectivity index is 1.67. The van der Waals surface area contributed by atoms with Crippen molar-refractivity contribution in [2.24, 2.45) is 5.92 Å². The standard InChI is InChI=1S/C20H31NO3/c1-15(2)19-18-6-4-3-5-16(18)7-10-21(19)14-17(22)13-20(23)8-11-24-12-9-20/h3-6,15,17,19,22-23H,7-14H2,1-2H3. The molecule has 0 amide bonds. The van der Waals surface area contributed by atoms with Crippen molar-refractivity contribution in [2.45, 2.75) is 57.3 Å².